The molecule has 1 N–H and O–H groups in total. The van der Waals surface area contributed by atoms with Gasteiger partial charge < -0.3 is 0 Å². The van der Waals surface area contributed by atoms with Gasteiger partial charge in [0, 0.05) is 13.2 Å². The molecule has 0 radical (unpaired) electrons. The number of rotatable bonds is 2. The Kier molecular flexibility index (Phi) is 3.40. The summed E-state index contributed by atoms with van der Waals surface area (Å²) < 4.78 is 28.5. The third-order valence-electron chi connectivity index (χ3n) is 2.99. The first-order chi connectivity index (χ1) is 10.0. The van der Waals surface area contributed by atoms with Crippen molar-refractivity contribution < 1.29 is 8.42 Å². The third-order valence-corrected chi connectivity index (χ3v) is 4.59. The molecule has 3 rings (SSSR count). The van der Waals surface area contributed by atoms with E-state index in [2.05, 4.69) is 14.8 Å². The van der Waals surface area contributed by atoms with E-state index in [0.29, 0.717) is 16.4 Å². The fourth-order valence-corrected chi connectivity index (χ4v) is 3.62. The molecule has 1 aromatic carbocycles. The van der Waals surface area contributed by atoms with Crippen LogP contribution in [0.15, 0.2) is 51.9 Å². The molecule has 6 nitrogen and oxygen atoms in total. The molecular formula is C13H11ClN4O2S. The predicted molar refractivity (Wildman–Crippen MR) is 81.0 cm³/mol. The minimum absolute atomic E-state index is 0.0593. The summed E-state index contributed by atoms with van der Waals surface area (Å²) in [4.78, 5) is 4.21. The molecule has 1 aromatic heterocycles. The first kappa shape index (κ1) is 14.0. The Morgan fingerprint density at radius 3 is 2.67 bits per heavy atom. The number of sulfonamides is 1. The van der Waals surface area contributed by atoms with Gasteiger partial charge in [-0.1, -0.05) is 23.7 Å². The largest absolute Gasteiger partial charge is 0.286 e. The van der Waals surface area contributed by atoms with Crippen LogP contribution in [-0.4, -0.2) is 26.3 Å². The van der Waals surface area contributed by atoms with Crippen molar-refractivity contribution >= 4 is 33.1 Å². The summed E-state index contributed by atoms with van der Waals surface area (Å²) >= 11 is 6.17. The zero-order valence-electron chi connectivity index (χ0n) is 11.0. The Labute approximate surface area is 127 Å². The maximum atomic E-state index is 12.3. The smallest absolute Gasteiger partial charge is 0.254 e. The number of fused-ring (bicyclic) bond motifs is 1. The van der Waals surface area contributed by atoms with Gasteiger partial charge in [-0.3, -0.25) is 9.99 Å². The quantitative estimate of drug-likeness (QED) is 0.913. The monoisotopic (exact) mass is 322 g/mol. The number of para-hydroxylation sites is 1. The van der Waals surface area contributed by atoms with Crippen LogP contribution in [0, 0.1) is 0 Å². The highest BCUT2D eigenvalue weighted by Crippen LogP contribution is 2.37. The topological polar surface area (TPSA) is 74.7 Å². The van der Waals surface area contributed by atoms with Gasteiger partial charge in [0.05, 0.1) is 10.7 Å². The van der Waals surface area contributed by atoms with Crippen molar-refractivity contribution in [2.24, 2.45) is 4.40 Å². The number of amidine groups is 1. The Bertz CT molecular complexity index is 821. The molecule has 0 bridgehead atoms. The lowest BCUT2D eigenvalue weighted by atomic mass is 10.2. The molecule has 0 saturated carbocycles. The molecule has 2 aromatic rings. The lowest BCUT2D eigenvalue weighted by molar-refractivity contribution is 0.596. The highest BCUT2D eigenvalue weighted by atomic mass is 35.5. The van der Waals surface area contributed by atoms with Crippen LogP contribution >= 0.6 is 11.6 Å². The van der Waals surface area contributed by atoms with Crippen molar-refractivity contribution in [1.82, 2.24) is 10.4 Å². The van der Waals surface area contributed by atoms with E-state index in [1.165, 1.54) is 11.1 Å². The van der Waals surface area contributed by atoms with Crippen molar-refractivity contribution in [3.05, 3.63) is 53.3 Å². The van der Waals surface area contributed by atoms with Crippen LogP contribution in [0.5, 0.6) is 0 Å². The molecule has 0 unspecified atom stereocenters. The van der Waals surface area contributed by atoms with Crippen LogP contribution in [0.2, 0.25) is 5.02 Å². The number of pyridine rings is 1. The first-order valence-corrected chi connectivity index (χ1v) is 7.89. The van der Waals surface area contributed by atoms with E-state index >= 15 is 0 Å². The van der Waals surface area contributed by atoms with Gasteiger partial charge in [-0.05, 0) is 24.3 Å². The summed E-state index contributed by atoms with van der Waals surface area (Å²) in [5, 5.41) is 1.83. The lowest BCUT2D eigenvalue weighted by Gasteiger charge is -2.30. The zero-order valence-corrected chi connectivity index (χ0v) is 12.6. The number of nitrogens with one attached hydrogen (secondary N) is 1. The number of nitrogens with zero attached hydrogens (tertiary/aromatic N) is 3. The summed E-state index contributed by atoms with van der Waals surface area (Å²) in [7, 11) is -2.17. The Morgan fingerprint density at radius 2 is 2.00 bits per heavy atom. The summed E-state index contributed by atoms with van der Waals surface area (Å²) in [6, 6.07) is 9.86. The number of aromatic nitrogens is 1. The van der Waals surface area contributed by atoms with Crippen molar-refractivity contribution in [2.75, 3.05) is 12.1 Å². The molecule has 8 heteroatoms. The third kappa shape index (κ3) is 2.29. The van der Waals surface area contributed by atoms with E-state index in [0.717, 1.165) is 0 Å². The van der Waals surface area contributed by atoms with E-state index < -0.39 is 10.0 Å². The van der Waals surface area contributed by atoms with Crippen LogP contribution in [0.4, 0.5) is 5.69 Å². The molecule has 21 heavy (non-hydrogen) atoms. The second-order valence-corrected chi connectivity index (χ2v) is 6.23. The highest BCUT2D eigenvalue weighted by Gasteiger charge is 2.33. The molecule has 0 aliphatic carbocycles. The van der Waals surface area contributed by atoms with Crippen LogP contribution in [0.3, 0.4) is 0 Å². The van der Waals surface area contributed by atoms with E-state index in [4.69, 9.17) is 11.6 Å². The van der Waals surface area contributed by atoms with Crippen molar-refractivity contribution in [2.45, 2.75) is 4.90 Å². The second kappa shape index (κ2) is 5.10. The maximum absolute atomic E-state index is 12.3. The molecule has 2 heterocycles. The number of hydrazine groups is 1. The fourth-order valence-electron chi connectivity index (χ4n) is 2.10. The first-order valence-electron chi connectivity index (χ1n) is 6.07. The van der Waals surface area contributed by atoms with Gasteiger partial charge in [0.2, 0.25) is 0 Å². The summed E-state index contributed by atoms with van der Waals surface area (Å²) in [6.45, 7) is 0. The number of halogens is 1. The van der Waals surface area contributed by atoms with Gasteiger partial charge in [0.15, 0.2) is 5.84 Å². The number of hydrogen-bond acceptors (Lipinski definition) is 5. The summed E-state index contributed by atoms with van der Waals surface area (Å²) in [6.07, 6.45) is 1.57. The van der Waals surface area contributed by atoms with Crippen molar-refractivity contribution in [3.8, 4) is 0 Å². The Morgan fingerprint density at radius 1 is 1.19 bits per heavy atom. The van der Waals surface area contributed by atoms with Crippen LogP contribution in [0.1, 0.15) is 5.69 Å². The predicted octanol–water partition coefficient (Wildman–Crippen LogP) is 1.82. The molecule has 0 spiro atoms. The summed E-state index contributed by atoms with van der Waals surface area (Å²) in [5.41, 5.74) is 3.68. The van der Waals surface area contributed by atoms with Crippen LogP contribution in [-0.2, 0) is 10.0 Å². The highest BCUT2D eigenvalue weighted by molar-refractivity contribution is 7.90. The SMILES string of the molecule is CNN1C(c2ccccn2)=NS(=O)(=O)c2cccc(Cl)c21. The average Bonchev–Trinajstić information content (AvgIpc) is 2.48. The zero-order chi connectivity index (χ0) is 15.0. The van der Waals surface area contributed by atoms with Gasteiger partial charge in [0.1, 0.15) is 10.6 Å². The number of benzene rings is 1. The van der Waals surface area contributed by atoms with Crippen LogP contribution in [0.25, 0.3) is 0 Å². The Hall–Kier alpha value is -1.96. The number of hydrogen-bond donors (Lipinski definition) is 1. The van der Waals surface area contributed by atoms with Gasteiger partial charge in [-0.2, -0.15) is 8.42 Å². The van der Waals surface area contributed by atoms with Crippen molar-refractivity contribution in [1.29, 1.82) is 0 Å². The van der Waals surface area contributed by atoms with E-state index in [1.807, 2.05) is 0 Å². The minimum atomic E-state index is -3.82. The normalized spacial score (nSPS) is 16.3. The molecule has 0 amide bonds. The second-order valence-electron chi connectivity index (χ2n) is 4.25. The van der Waals surface area contributed by atoms with Gasteiger partial charge in [-0.25, -0.2) is 5.43 Å². The van der Waals surface area contributed by atoms with E-state index in [-0.39, 0.29) is 10.7 Å². The molecule has 1 aliphatic heterocycles. The number of anilines is 1. The van der Waals surface area contributed by atoms with Crippen molar-refractivity contribution in [3.63, 3.8) is 0 Å². The maximum Gasteiger partial charge on any atom is 0.286 e. The lowest BCUT2D eigenvalue weighted by Crippen LogP contribution is -2.45. The standard InChI is InChI=1S/C13H11ClN4O2S/c1-15-18-12-9(14)5-4-7-11(12)21(19,20)17-13(18)10-6-2-3-8-16-10/h2-8,15H,1H3. The van der Waals surface area contributed by atoms with Crippen LogP contribution < -0.4 is 10.4 Å². The fraction of sp³-hybridized carbons (Fsp3) is 0.0769. The molecule has 0 atom stereocenters. The molecule has 108 valence electrons. The molecular weight excluding hydrogens is 312 g/mol. The molecule has 0 fully saturated rings. The molecule has 0 saturated heterocycles. The molecule has 1 aliphatic rings. The van der Waals surface area contributed by atoms with Gasteiger partial charge in [0.25, 0.3) is 10.0 Å². The summed E-state index contributed by atoms with van der Waals surface area (Å²) in [5.74, 6) is 0.179. The average molecular weight is 323 g/mol. The van der Waals surface area contributed by atoms with E-state index in [1.54, 1.807) is 43.6 Å². The van der Waals surface area contributed by atoms with Gasteiger partial charge in [-0.15, -0.1) is 4.40 Å². The minimum Gasteiger partial charge on any atom is -0.254 e. The van der Waals surface area contributed by atoms with Gasteiger partial charge >= 0.3 is 0 Å². The van der Waals surface area contributed by atoms with E-state index in [9.17, 15) is 8.42 Å². The Balaban J connectivity index is 2.29.